The molecule has 17 heavy (non-hydrogen) atoms. The molecule has 2 heterocycles. The Morgan fingerprint density at radius 2 is 2.35 bits per heavy atom. The van der Waals surface area contributed by atoms with Gasteiger partial charge in [0.1, 0.15) is 0 Å². The van der Waals surface area contributed by atoms with Gasteiger partial charge in [-0.1, -0.05) is 0 Å². The molecule has 96 valence electrons. The van der Waals surface area contributed by atoms with E-state index >= 15 is 0 Å². The number of nitrogens with one attached hydrogen (secondary N) is 2. The summed E-state index contributed by atoms with van der Waals surface area (Å²) in [4.78, 5) is 10.9. The molecule has 0 bridgehead atoms. The number of halogens is 1. The van der Waals surface area contributed by atoms with E-state index in [0.29, 0.717) is 0 Å². The average Bonchev–Trinajstić information content (AvgIpc) is 2.76. The SMILES string of the molecule is CN(C)c1nc(CNC2=NCCCN2)cs1.I. The van der Waals surface area contributed by atoms with E-state index in [-0.39, 0.29) is 24.0 Å². The van der Waals surface area contributed by atoms with Crippen molar-refractivity contribution in [1.29, 1.82) is 0 Å². The van der Waals surface area contributed by atoms with Gasteiger partial charge in [-0.25, -0.2) is 4.98 Å². The Labute approximate surface area is 123 Å². The molecular weight excluding hydrogens is 349 g/mol. The number of aliphatic imine (C=N–C) groups is 1. The zero-order valence-electron chi connectivity index (χ0n) is 10.1. The van der Waals surface area contributed by atoms with Crippen molar-refractivity contribution in [2.45, 2.75) is 13.0 Å². The second kappa shape index (κ2) is 7.00. The summed E-state index contributed by atoms with van der Waals surface area (Å²) in [7, 11) is 4.01. The van der Waals surface area contributed by atoms with Gasteiger partial charge in [-0.15, -0.1) is 35.3 Å². The number of thiazole rings is 1. The lowest BCUT2D eigenvalue weighted by Crippen LogP contribution is -2.40. The average molecular weight is 367 g/mol. The molecule has 0 radical (unpaired) electrons. The Hall–Kier alpha value is -0.570. The molecule has 1 aliphatic rings. The number of hydrogen-bond donors (Lipinski definition) is 2. The van der Waals surface area contributed by atoms with Crippen molar-refractivity contribution < 1.29 is 0 Å². The van der Waals surface area contributed by atoms with E-state index in [2.05, 4.69) is 26.0 Å². The maximum atomic E-state index is 4.49. The van der Waals surface area contributed by atoms with Gasteiger partial charge in [0.15, 0.2) is 11.1 Å². The van der Waals surface area contributed by atoms with E-state index < -0.39 is 0 Å². The van der Waals surface area contributed by atoms with Gasteiger partial charge in [0.25, 0.3) is 0 Å². The van der Waals surface area contributed by atoms with Crippen LogP contribution in [0.4, 0.5) is 5.13 Å². The van der Waals surface area contributed by atoms with Crippen LogP contribution in [-0.2, 0) is 6.54 Å². The number of hydrogen-bond acceptors (Lipinski definition) is 6. The summed E-state index contributed by atoms with van der Waals surface area (Å²) in [5.41, 5.74) is 1.06. The Bertz CT molecular complexity index is 377. The Morgan fingerprint density at radius 3 is 2.94 bits per heavy atom. The van der Waals surface area contributed by atoms with Crippen LogP contribution in [0.2, 0.25) is 0 Å². The van der Waals surface area contributed by atoms with Crippen LogP contribution in [0.15, 0.2) is 10.4 Å². The number of anilines is 1. The highest BCUT2D eigenvalue weighted by Gasteiger charge is 2.06. The van der Waals surface area contributed by atoms with Crippen LogP contribution in [0.1, 0.15) is 12.1 Å². The molecule has 1 aliphatic heterocycles. The molecule has 0 unspecified atom stereocenters. The smallest absolute Gasteiger partial charge is 0.191 e. The first-order valence-corrected chi connectivity index (χ1v) is 6.27. The highest BCUT2D eigenvalue weighted by Crippen LogP contribution is 2.17. The third-order valence-electron chi connectivity index (χ3n) is 2.26. The van der Waals surface area contributed by atoms with Crippen LogP contribution in [-0.4, -0.2) is 38.1 Å². The molecule has 0 amide bonds. The quantitative estimate of drug-likeness (QED) is 0.791. The molecule has 0 fully saturated rings. The lowest BCUT2D eigenvalue weighted by molar-refractivity contribution is 0.699. The fraction of sp³-hybridized carbons (Fsp3) is 0.600. The van der Waals surface area contributed by atoms with Crippen LogP contribution in [0.5, 0.6) is 0 Å². The summed E-state index contributed by atoms with van der Waals surface area (Å²) in [6, 6.07) is 0. The van der Waals surface area contributed by atoms with E-state index in [0.717, 1.165) is 42.8 Å². The number of rotatable bonds is 3. The van der Waals surface area contributed by atoms with E-state index in [1.54, 1.807) is 11.3 Å². The second-order valence-corrected chi connectivity index (χ2v) is 4.72. The molecule has 2 N–H and O–H groups in total. The molecule has 0 atom stereocenters. The van der Waals surface area contributed by atoms with Gasteiger partial charge in [-0.3, -0.25) is 4.99 Å². The van der Waals surface area contributed by atoms with Crippen LogP contribution < -0.4 is 15.5 Å². The summed E-state index contributed by atoms with van der Waals surface area (Å²) < 4.78 is 0. The maximum Gasteiger partial charge on any atom is 0.191 e. The topological polar surface area (TPSA) is 52.6 Å². The molecule has 0 saturated carbocycles. The fourth-order valence-electron chi connectivity index (χ4n) is 1.41. The predicted molar refractivity (Wildman–Crippen MR) is 83.6 cm³/mol. The van der Waals surface area contributed by atoms with Crippen LogP contribution in [0.25, 0.3) is 0 Å². The Morgan fingerprint density at radius 1 is 1.53 bits per heavy atom. The van der Waals surface area contributed by atoms with Gasteiger partial charge in [0.05, 0.1) is 12.2 Å². The summed E-state index contributed by atoms with van der Waals surface area (Å²) >= 11 is 1.66. The zero-order valence-corrected chi connectivity index (χ0v) is 13.2. The van der Waals surface area contributed by atoms with E-state index in [4.69, 9.17) is 0 Å². The van der Waals surface area contributed by atoms with Crippen molar-refractivity contribution in [2.75, 3.05) is 32.1 Å². The van der Waals surface area contributed by atoms with Crippen molar-refractivity contribution in [3.05, 3.63) is 11.1 Å². The molecule has 5 nitrogen and oxygen atoms in total. The molecule has 0 spiro atoms. The third kappa shape index (κ3) is 4.30. The second-order valence-electron chi connectivity index (χ2n) is 3.88. The monoisotopic (exact) mass is 367 g/mol. The van der Waals surface area contributed by atoms with Gasteiger partial charge in [-0.05, 0) is 6.42 Å². The van der Waals surface area contributed by atoms with Gasteiger partial charge in [0, 0.05) is 32.6 Å². The maximum absolute atomic E-state index is 4.49. The van der Waals surface area contributed by atoms with Crippen LogP contribution in [0, 0.1) is 0 Å². The van der Waals surface area contributed by atoms with Gasteiger partial charge < -0.3 is 15.5 Å². The molecule has 0 aliphatic carbocycles. The minimum atomic E-state index is 0. The van der Waals surface area contributed by atoms with Gasteiger partial charge >= 0.3 is 0 Å². The summed E-state index contributed by atoms with van der Waals surface area (Å²) in [6.45, 7) is 2.65. The first-order valence-electron chi connectivity index (χ1n) is 5.39. The van der Waals surface area contributed by atoms with E-state index in [1.807, 2.05) is 19.0 Å². The zero-order chi connectivity index (χ0) is 11.4. The molecule has 7 heteroatoms. The molecule has 1 aromatic rings. The van der Waals surface area contributed by atoms with Crippen molar-refractivity contribution in [2.24, 2.45) is 4.99 Å². The summed E-state index contributed by atoms with van der Waals surface area (Å²) in [5, 5.41) is 9.59. The Balaban J connectivity index is 0.00000144. The Kier molecular flexibility index (Phi) is 5.96. The standard InChI is InChI=1S/C10H17N5S.HI/c1-15(2)10-14-8(7-16-10)6-13-9-11-4-3-5-12-9;/h7H,3-6H2,1-2H3,(H2,11,12,13);1H. The predicted octanol–water partition coefficient (Wildman–Crippen LogP) is 1.27. The van der Waals surface area contributed by atoms with Gasteiger partial charge in [-0.2, -0.15) is 0 Å². The lowest BCUT2D eigenvalue weighted by atomic mass is 10.4. The van der Waals surface area contributed by atoms with Gasteiger partial charge in [0.2, 0.25) is 0 Å². The van der Waals surface area contributed by atoms with Crippen molar-refractivity contribution in [3.63, 3.8) is 0 Å². The first-order chi connectivity index (χ1) is 7.75. The molecule has 0 aromatic carbocycles. The van der Waals surface area contributed by atoms with Crippen molar-refractivity contribution >= 4 is 46.4 Å². The normalized spacial score (nSPS) is 14.4. The largest absolute Gasteiger partial charge is 0.356 e. The fourth-order valence-corrected chi connectivity index (χ4v) is 2.17. The van der Waals surface area contributed by atoms with Crippen molar-refractivity contribution in [1.82, 2.24) is 15.6 Å². The summed E-state index contributed by atoms with van der Waals surface area (Å²) in [6.07, 6.45) is 1.12. The molecule has 1 aromatic heterocycles. The van der Waals surface area contributed by atoms with E-state index in [1.165, 1.54) is 0 Å². The first kappa shape index (κ1) is 14.5. The van der Waals surface area contributed by atoms with Crippen molar-refractivity contribution in [3.8, 4) is 0 Å². The minimum absolute atomic E-state index is 0. The molecule has 2 rings (SSSR count). The van der Waals surface area contributed by atoms with Crippen LogP contribution in [0.3, 0.4) is 0 Å². The summed E-state index contributed by atoms with van der Waals surface area (Å²) in [5.74, 6) is 0.894. The minimum Gasteiger partial charge on any atom is -0.356 e. The highest BCUT2D eigenvalue weighted by molar-refractivity contribution is 14.0. The molecular formula is C10H18IN5S. The third-order valence-corrected chi connectivity index (χ3v) is 3.31. The van der Waals surface area contributed by atoms with E-state index in [9.17, 15) is 0 Å². The number of aromatic nitrogens is 1. The number of nitrogens with zero attached hydrogens (tertiary/aromatic N) is 3. The highest BCUT2D eigenvalue weighted by atomic mass is 127. The van der Waals surface area contributed by atoms with Crippen LogP contribution >= 0.6 is 35.3 Å². The number of guanidine groups is 1. The molecule has 0 saturated heterocycles. The lowest BCUT2D eigenvalue weighted by Gasteiger charge is -2.15.